The van der Waals surface area contributed by atoms with E-state index in [2.05, 4.69) is 22.8 Å². The van der Waals surface area contributed by atoms with Gasteiger partial charge in [0.05, 0.1) is 12.2 Å². The Bertz CT molecular complexity index is 705. The molecule has 0 unspecified atom stereocenters. The van der Waals surface area contributed by atoms with Gasteiger partial charge in [-0.05, 0) is 36.2 Å². The van der Waals surface area contributed by atoms with E-state index in [0.29, 0.717) is 24.4 Å². The van der Waals surface area contributed by atoms with Crippen molar-refractivity contribution in [2.75, 3.05) is 24.2 Å². The molecular weight excluding hydrogens is 360 g/mol. The van der Waals surface area contributed by atoms with Crippen molar-refractivity contribution in [3.63, 3.8) is 0 Å². The molecule has 0 aromatic heterocycles. The molecule has 0 aliphatic carbocycles. The molecule has 6 heteroatoms. The van der Waals surface area contributed by atoms with Gasteiger partial charge in [-0.1, -0.05) is 43.7 Å². The van der Waals surface area contributed by atoms with Crippen LogP contribution in [0.5, 0.6) is 0 Å². The number of carbonyl (C=O) groups is 2. The number of anilines is 1. The molecule has 2 rings (SSSR count). The van der Waals surface area contributed by atoms with Crippen molar-refractivity contribution in [1.29, 1.82) is 0 Å². The Hall–Kier alpha value is -2.47. The number of unbranched alkanes of at least 4 members (excludes halogenated alkanes) is 1. The van der Waals surface area contributed by atoms with E-state index in [-0.39, 0.29) is 12.0 Å². The number of thioether (sulfide) groups is 1. The van der Waals surface area contributed by atoms with Crippen LogP contribution in [-0.2, 0) is 10.5 Å². The van der Waals surface area contributed by atoms with Crippen molar-refractivity contribution in [3.05, 3.63) is 65.7 Å². The first-order valence-electron chi connectivity index (χ1n) is 9.12. The molecule has 0 aliphatic heterocycles. The molecule has 0 aliphatic rings. The molecule has 0 saturated carbocycles. The quantitative estimate of drug-likeness (QED) is 0.459. The Morgan fingerprint density at radius 1 is 1.04 bits per heavy atom. The summed E-state index contributed by atoms with van der Waals surface area (Å²) in [7, 11) is 0. The number of nitrogens with one attached hydrogen (secondary N) is 2. The summed E-state index contributed by atoms with van der Waals surface area (Å²) in [6.45, 7) is 3.06. The predicted octanol–water partition coefficient (Wildman–Crippen LogP) is 4.70. The molecule has 144 valence electrons. The van der Waals surface area contributed by atoms with E-state index in [0.717, 1.165) is 24.3 Å². The number of hydrogen-bond acceptors (Lipinski definition) is 4. The fourth-order valence-electron chi connectivity index (χ4n) is 2.26. The minimum absolute atomic E-state index is 0.256. The monoisotopic (exact) mass is 386 g/mol. The smallest absolute Gasteiger partial charge is 0.338 e. The first kappa shape index (κ1) is 20.8. The highest BCUT2D eigenvalue weighted by Crippen LogP contribution is 2.12. The molecule has 27 heavy (non-hydrogen) atoms. The largest absolute Gasteiger partial charge is 0.462 e. The molecule has 2 aromatic rings. The molecule has 2 amide bonds. The van der Waals surface area contributed by atoms with Crippen LogP contribution in [0, 0.1) is 0 Å². The number of esters is 1. The van der Waals surface area contributed by atoms with Gasteiger partial charge in [0.1, 0.15) is 0 Å². The first-order chi connectivity index (χ1) is 13.2. The van der Waals surface area contributed by atoms with Crippen LogP contribution in [-0.4, -0.2) is 30.9 Å². The summed E-state index contributed by atoms with van der Waals surface area (Å²) in [6, 6.07) is 16.7. The van der Waals surface area contributed by atoms with E-state index < -0.39 is 0 Å². The van der Waals surface area contributed by atoms with Gasteiger partial charge in [0, 0.05) is 23.7 Å². The zero-order valence-corrected chi connectivity index (χ0v) is 16.4. The maximum absolute atomic E-state index is 11.9. The van der Waals surface area contributed by atoms with E-state index in [1.165, 1.54) is 5.56 Å². The van der Waals surface area contributed by atoms with Crippen LogP contribution in [0.4, 0.5) is 10.5 Å². The second-order valence-corrected chi connectivity index (χ2v) is 7.09. The van der Waals surface area contributed by atoms with E-state index >= 15 is 0 Å². The lowest BCUT2D eigenvalue weighted by molar-refractivity contribution is 0.0500. The number of amides is 2. The fraction of sp³-hybridized carbons (Fsp3) is 0.333. The standard InChI is InChI=1S/C21H26N2O3S/c1-2-3-14-26-20(24)18-9-11-19(12-10-18)23-21(25)22-13-15-27-16-17-7-5-4-6-8-17/h4-12H,2-3,13-16H2,1H3,(H2,22,23,25). The Kier molecular flexibility index (Phi) is 9.27. The highest BCUT2D eigenvalue weighted by atomic mass is 32.2. The Morgan fingerprint density at radius 2 is 1.78 bits per heavy atom. The molecule has 0 spiro atoms. The molecule has 0 saturated heterocycles. The van der Waals surface area contributed by atoms with Crippen LogP contribution in [0.25, 0.3) is 0 Å². The summed E-state index contributed by atoms with van der Waals surface area (Å²) in [5, 5.41) is 5.58. The van der Waals surface area contributed by atoms with Gasteiger partial charge < -0.3 is 15.4 Å². The Labute approximate surface area is 164 Å². The number of rotatable bonds is 10. The minimum atomic E-state index is -0.338. The van der Waals surface area contributed by atoms with Crippen molar-refractivity contribution < 1.29 is 14.3 Å². The molecule has 0 heterocycles. The maximum Gasteiger partial charge on any atom is 0.338 e. The molecule has 0 bridgehead atoms. The third-order valence-corrected chi connectivity index (χ3v) is 4.78. The van der Waals surface area contributed by atoms with Crippen LogP contribution >= 0.6 is 11.8 Å². The van der Waals surface area contributed by atoms with Crippen molar-refractivity contribution in [2.24, 2.45) is 0 Å². The van der Waals surface area contributed by atoms with Crippen molar-refractivity contribution in [2.45, 2.75) is 25.5 Å². The third-order valence-electron chi connectivity index (χ3n) is 3.75. The minimum Gasteiger partial charge on any atom is -0.462 e. The van der Waals surface area contributed by atoms with Crippen LogP contribution in [0.15, 0.2) is 54.6 Å². The molecular formula is C21H26N2O3S. The van der Waals surface area contributed by atoms with Gasteiger partial charge in [0.25, 0.3) is 0 Å². The number of carbonyl (C=O) groups excluding carboxylic acids is 2. The summed E-state index contributed by atoms with van der Waals surface area (Å²) in [4.78, 5) is 23.7. The third kappa shape index (κ3) is 8.17. The second kappa shape index (κ2) is 12.0. The average molecular weight is 387 g/mol. The fourth-order valence-corrected chi connectivity index (χ4v) is 3.08. The maximum atomic E-state index is 11.9. The molecule has 2 N–H and O–H groups in total. The van der Waals surface area contributed by atoms with Crippen molar-refractivity contribution in [1.82, 2.24) is 5.32 Å². The predicted molar refractivity (Wildman–Crippen MR) is 111 cm³/mol. The normalized spacial score (nSPS) is 10.3. The molecule has 2 aromatic carbocycles. The SMILES string of the molecule is CCCCOC(=O)c1ccc(NC(=O)NCCSCc2ccccc2)cc1. The number of urea groups is 1. The lowest BCUT2D eigenvalue weighted by atomic mass is 10.2. The summed E-state index contributed by atoms with van der Waals surface area (Å²) in [6.07, 6.45) is 1.84. The van der Waals surface area contributed by atoms with Crippen molar-refractivity contribution in [3.8, 4) is 0 Å². The van der Waals surface area contributed by atoms with Gasteiger partial charge in [0.15, 0.2) is 0 Å². The van der Waals surface area contributed by atoms with E-state index in [9.17, 15) is 9.59 Å². The summed E-state index contributed by atoms with van der Waals surface area (Å²) in [5.41, 5.74) is 2.39. The van der Waals surface area contributed by atoms with Gasteiger partial charge in [-0.3, -0.25) is 0 Å². The van der Waals surface area contributed by atoms with Gasteiger partial charge in [-0.2, -0.15) is 11.8 Å². The molecule has 0 fully saturated rings. The summed E-state index contributed by atoms with van der Waals surface area (Å²) >= 11 is 1.77. The number of ether oxygens (including phenoxy) is 1. The van der Waals surface area contributed by atoms with Crippen LogP contribution in [0.1, 0.15) is 35.7 Å². The van der Waals surface area contributed by atoms with Crippen molar-refractivity contribution >= 4 is 29.4 Å². The van der Waals surface area contributed by atoms with Crippen LogP contribution in [0.3, 0.4) is 0 Å². The number of hydrogen-bond donors (Lipinski definition) is 2. The Balaban J connectivity index is 1.64. The first-order valence-corrected chi connectivity index (χ1v) is 10.3. The highest BCUT2D eigenvalue weighted by molar-refractivity contribution is 7.98. The Morgan fingerprint density at radius 3 is 2.48 bits per heavy atom. The zero-order chi connectivity index (χ0) is 19.3. The summed E-state index contributed by atoms with van der Waals surface area (Å²) < 4.78 is 5.16. The molecule has 5 nitrogen and oxygen atoms in total. The molecule has 0 atom stereocenters. The lowest BCUT2D eigenvalue weighted by Crippen LogP contribution is -2.30. The van der Waals surface area contributed by atoms with E-state index in [4.69, 9.17) is 4.74 Å². The topological polar surface area (TPSA) is 67.4 Å². The van der Waals surface area contributed by atoms with Gasteiger partial charge >= 0.3 is 12.0 Å². The van der Waals surface area contributed by atoms with Gasteiger partial charge in [0.2, 0.25) is 0 Å². The van der Waals surface area contributed by atoms with E-state index in [1.54, 1.807) is 36.0 Å². The second-order valence-electron chi connectivity index (χ2n) is 5.99. The average Bonchev–Trinajstić information content (AvgIpc) is 2.69. The molecule has 0 radical (unpaired) electrons. The highest BCUT2D eigenvalue weighted by Gasteiger charge is 2.07. The zero-order valence-electron chi connectivity index (χ0n) is 15.6. The number of benzene rings is 2. The lowest BCUT2D eigenvalue weighted by Gasteiger charge is -2.08. The van der Waals surface area contributed by atoms with Crippen LogP contribution in [0.2, 0.25) is 0 Å². The van der Waals surface area contributed by atoms with Gasteiger partial charge in [-0.15, -0.1) is 0 Å². The van der Waals surface area contributed by atoms with Gasteiger partial charge in [-0.25, -0.2) is 9.59 Å². The van der Waals surface area contributed by atoms with Crippen LogP contribution < -0.4 is 10.6 Å². The van der Waals surface area contributed by atoms with E-state index in [1.807, 2.05) is 25.1 Å². The summed E-state index contributed by atoms with van der Waals surface area (Å²) in [5.74, 6) is 1.43.